The first kappa shape index (κ1) is 49.4. The molecule has 42 heteroatoms. The van der Waals surface area contributed by atoms with Crippen molar-refractivity contribution in [3.63, 3.8) is 0 Å². The molecule has 0 saturated heterocycles. The summed E-state index contributed by atoms with van der Waals surface area (Å²) >= 11 is 0. The molecule has 0 aromatic heterocycles. The summed E-state index contributed by atoms with van der Waals surface area (Å²) in [5.41, 5.74) is -10.7. The van der Waals surface area contributed by atoms with E-state index in [1.807, 2.05) is 0 Å². The van der Waals surface area contributed by atoms with E-state index >= 15 is 0 Å². The Kier molecular flexibility index (Phi) is 15.6. The zero-order valence-electron chi connectivity index (χ0n) is 23.2. The SMILES string of the molecule is O=C(O)C(O)(COP(=O)(O)OP(=O)(O)O)C1(OP(=O)(O)O)C(OP(=O)(O)O)C(OP(=O)(O)O)C(OP(=O)(O)O)C(OP(=O)(O)O)C1OP(=O)(O)O. The molecule has 1 aliphatic carbocycles. The molecule has 51 heavy (non-hydrogen) atoms. The lowest BCUT2D eigenvalue weighted by Crippen LogP contribution is -2.82. The molecule has 0 bridgehead atoms. The molecule has 1 fully saturated rings. The van der Waals surface area contributed by atoms with Crippen LogP contribution in [-0.2, 0) is 77.3 Å². The van der Waals surface area contributed by atoms with Crippen molar-refractivity contribution in [1.29, 1.82) is 0 Å². The first-order valence-electron chi connectivity index (χ1n) is 11.2. The second-order valence-electron chi connectivity index (χ2n) is 9.07. The van der Waals surface area contributed by atoms with E-state index in [-0.39, 0.29) is 0 Å². The Labute approximate surface area is 278 Å². The van der Waals surface area contributed by atoms with Gasteiger partial charge in [0.25, 0.3) is 0 Å². The summed E-state index contributed by atoms with van der Waals surface area (Å²) in [7, 11) is -53.3. The van der Waals surface area contributed by atoms with E-state index in [4.69, 9.17) is 9.79 Å². The van der Waals surface area contributed by atoms with Crippen LogP contribution in [0.15, 0.2) is 0 Å². The highest BCUT2D eigenvalue weighted by Gasteiger charge is 2.79. The largest absolute Gasteiger partial charge is 0.481 e. The molecule has 0 amide bonds. The molecule has 34 nitrogen and oxygen atoms in total. The number of carboxylic acids is 1. The second-order valence-corrected chi connectivity index (χ2v) is 19.0. The molecule has 6 atom stereocenters. The summed E-state index contributed by atoms with van der Waals surface area (Å²) in [5.74, 6) is -3.43. The van der Waals surface area contributed by atoms with Crippen molar-refractivity contribution in [3.05, 3.63) is 0 Å². The summed E-state index contributed by atoms with van der Waals surface area (Å²) in [6.45, 7) is -3.02. The van der Waals surface area contributed by atoms with Crippen molar-refractivity contribution in [2.24, 2.45) is 0 Å². The molecule has 304 valence electrons. The summed E-state index contributed by atoms with van der Waals surface area (Å²) in [4.78, 5) is 155. The highest BCUT2D eigenvalue weighted by molar-refractivity contribution is 7.60. The minimum Gasteiger partial charge on any atom is -0.479 e. The third-order valence-corrected chi connectivity index (χ3v) is 10.5. The molecule has 1 rings (SSSR count). The summed E-state index contributed by atoms with van der Waals surface area (Å²) < 4.78 is 127. The molecule has 0 aromatic rings. The number of aliphatic hydroxyl groups is 1. The normalized spacial score (nSPS) is 28.5. The third-order valence-electron chi connectivity index (χ3n) is 5.28. The van der Waals surface area contributed by atoms with Crippen LogP contribution in [0, 0.1) is 0 Å². The van der Waals surface area contributed by atoms with Gasteiger partial charge in [-0.05, 0) is 0 Å². The van der Waals surface area contributed by atoms with Crippen LogP contribution < -0.4 is 0 Å². The lowest BCUT2D eigenvalue weighted by atomic mass is 9.66. The lowest BCUT2D eigenvalue weighted by molar-refractivity contribution is -0.299. The van der Waals surface area contributed by atoms with Crippen LogP contribution in [0.5, 0.6) is 0 Å². The van der Waals surface area contributed by atoms with Gasteiger partial charge < -0.3 is 83.6 Å². The van der Waals surface area contributed by atoms with Crippen molar-refractivity contribution in [2.75, 3.05) is 6.61 Å². The van der Waals surface area contributed by atoms with Gasteiger partial charge in [-0.1, -0.05) is 0 Å². The van der Waals surface area contributed by atoms with Gasteiger partial charge in [0.15, 0.2) is 5.60 Å². The van der Waals surface area contributed by atoms with Crippen molar-refractivity contribution in [1.82, 2.24) is 0 Å². The van der Waals surface area contributed by atoms with E-state index in [0.717, 1.165) is 0 Å². The van der Waals surface area contributed by atoms with Crippen LogP contribution in [0.25, 0.3) is 0 Å². The molecule has 1 aliphatic rings. The van der Waals surface area contributed by atoms with E-state index in [9.17, 15) is 115 Å². The van der Waals surface area contributed by atoms with Gasteiger partial charge in [-0.25, -0.2) is 41.3 Å². The van der Waals surface area contributed by atoms with Crippen molar-refractivity contribution in [3.8, 4) is 0 Å². The maximum absolute atomic E-state index is 12.7. The number of carboxylic acid groups (broad SMARTS) is 1. The van der Waals surface area contributed by atoms with E-state index < -0.39 is 117 Å². The monoisotopic (exact) mass is 924 g/mol. The second kappa shape index (κ2) is 16.1. The maximum Gasteiger partial charge on any atom is 0.481 e. The molecular formula is C9H24O34P8. The smallest absolute Gasteiger partial charge is 0.479 e. The molecule has 1 saturated carbocycles. The number of aliphatic carboxylic acids is 1. The van der Waals surface area contributed by atoms with Crippen molar-refractivity contribution in [2.45, 2.75) is 41.7 Å². The highest BCUT2D eigenvalue weighted by Crippen LogP contribution is 2.64. The number of carbonyl (C=O) groups is 1. The Morgan fingerprint density at radius 2 is 0.824 bits per heavy atom. The first-order valence-corrected chi connectivity index (χ1v) is 23.4. The number of rotatable bonds is 19. The van der Waals surface area contributed by atoms with E-state index in [1.54, 1.807) is 0 Å². The molecule has 0 aliphatic heterocycles. The van der Waals surface area contributed by atoms with E-state index in [2.05, 4.69) is 36.0 Å². The van der Waals surface area contributed by atoms with Gasteiger partial charge in [0.1, 0.15) is 37.1 Å². The first-order chi connectivity index (χ1) is 22.0. The lowest BCUT2D eigenvalue weighted by Gasteiger charge is -2.58. The van der Waals surface area contributed by atoms with Crippen LogP contribution in [0.4, 0.5) is 0 Å². The minimum absolute atomic E-state index is 3.02. The third kappa shape index (κ3) is 15.4. The predicted molar refractivity (Wildman–Crippen MR) is 142 cm³/mol. The van der Waals surface area contributed by atoms with Crippen molar-refractivity contribution < 1.29 is 161 Å². The maximum atomic E-state index is 12.7. The van der Waals surface area contributed by atoms with Gasteiger partial charge >= 0.3 is 68.6 Å². The fourth-order valence-electron chi connectivity index (χ4n) is 4.10. The Hall–Kier alpha value is 0.350. The Balaban J connectivity index is 4.84. The van der Waals surface area contributed by atoms with Gasteiger partial charge in [0.2, 0.25) is 5.60 Å². The number of hydrogen-bond donors (Lipinski definition) is 17. The van der Waals surface area contributed by atoms with Gasteiger partial charge in [-0.15, -0.1) is 0 Å². The predicted octanol–water partition coefficient (Wildman–Crippen LogP) is -4.72. The Morgan fingerprint density at radius 3 is 1.08 bits per heavy atom. The van der Waals surface area contributed by atoms with Gasteiger partial charge in [0.05, 0.1) is 0 Å². The summed E-state index contributed by atoms with van der Waals surface area (Å²) in [5, 5.41) is 21.5. The number of phosphoric ester groups is 7. The zero-order chi connectivity index (χ0) is 40.8. The summed E-state index contributed by atoms with van der Waals surface area (Å²) in [6, 6.07) is 0. The van der Waals surface area contributed by atoms with Gasteiger partial charge in [-0.3, -0.25) is 31.7 Å². The topological polar surface area (TPSA) is 571 Å². The van der Waals surface area contributed by atoms with Crippen LogP contribution in [-0.4, -0.2) is 138 Å². The average Bonchev–Trinajstić information content (AvgIpc) is 2.78. The fourth-order valence-corrected chi connectivity index (χ4v) is 9.26. The van der Waals surface area contributed by atoms with Crippen LogP contribution in [0.2, 0.25) is 0 Å². The molecule has 17 N–H and O–H groups in total. The number of hydrogen-bond acceptors (Lipinski definition) is 18. The van der Waals surface area contributed by atoms with E-state index in [1.165, 1.54) is 0 Å². The van der Waals surface area contributed by atoms with E-state index in [0.29, 0.717) is 0 Å². The van der Waals surface area contributed by atoms with Crippen LogP contribution >= 0.6 is 62.6 Å². The minimum atomic E-state index is -7.08. The molecular weight excluding hydrogens is 900 g/mol. The Bertz CT molecular complexity index is 1600. The zero-order valence-corrected chi connectivity index (χ0v) is 30.4. The molecule has 0 heterocycles. The van der Waals surface area contributed by atoms with Gasteiger partial charge in [-0.2, -0.15) is 4.31 Å². The Morgan fingerprint density at radius 1 is 0.510 bits per heavy atom. The average molecular weight is 924 g/mol. The molecule has 0 spiro atoms. The molecule has 0 radical (unpaired) electrons. The molecule has 0 aromatic carbocycles. The van der Waals surface area contributed by atoms with Crippen LogP contribution in [0.1, 0.15) is 0 Å². The van der Waals surface area contributed by atoms with Crippen LogP contribution in [0.3, 0.4) is 0 Å². The molecule has 6 unspecified atom stereocenters. The standard InChI is InChI=1S/C9H24O34P8/c10-7(11)8(12,1-36-51(34,35)43-50(31,32)33)9(42-49(28,29)30)5(40-47(22,23)24)3(38-45(16,17)18)2(37-44(13,14)15)4(39-46(19,20)21)6(9)41-48(25,26)27/h2-6,12H,1H2,(H,10,11)(H,34,35)(H2,13,14,15)(H2,16,17,18)(H2,19,20,21)(H2,22,23,24)(H2,25,26,27)(H2,28,29,30)(H2,31,32,33). The van der Waals surface area contributed by atoms with Gasteiger partial charge in [0, 0.05) is 0 Å². The fraction of sp³-hybridized carbons (Fsp3) is 0.889. The number of phosphoric acid groups is 8. The quantitative estimate of drug-likeness (QED) is 0.0541. The van der Waals surface area contributed by atoms with Crippen molar-refractivity contribution >= 4 is 68.6 Å². The highest BCUT2D eigenvalue weighted by atomic mass is 31.3. The summed E-state index contributed by atoms with van der Waals surface area (Å²) in [6.07, 6.45) is -20.5.